The van der Waals surface area contributed by atoms with Gasteiger partial charge in [-0.1, -0.05) is 0 Å². The molecule has 1 fully saturated rings. The van der Waals surface area contributed by atoms with Gasteiger partial charge in [0.25, 0.3) is 0 Å². The number of nitrogens with zero attached hydrogens (tertiary/aromatic N) is 7. The monoisotopic (exact) mass is 348 g/mol. The summed E-state index contributed by atoms with van der Waals surface area (Å²) in [6, 6.07) is 0. The highest BCUT2D eigenvalue weighted by Gasteiger charge is 2.18. The molecule has 1 aliphatic rings. The Kier molecular flexibility index (Phi) is 5.10. The topological polar surface area (TPSA) is 87.3 Å². The second kappa shape index (κ2) is 7.27. The van der Waals surface area contributed by atoms with Crippen molar-refractivity contribution in [3.8, 4) is 0 Å². The van der Waals surface area contributed by atoms with Crippen LogP contribution in [-0.2, 0) is 6.54 Å². The fourth-order valence-electron chi connectivity index (χ4n) is 2.70. The van der Waals surface area contributed by atoms with Gasteiger partial charge in [0.05, 0.1) is 12.2 Å². The van der Waals surface area contributed by atoms with E-state index in [4.69, 9.17) is 5.73 Å². The van der Waals surface area contributed by atoms with Crippen LogP contribution in [0.3, 0.4) is 0 Å². The molecule has 0 aromatic carbocycles. The number of hydrogen-bond donors (Lipinski definition) is 1. The Labute approximate surface area is 146 Å². The van der Waals surface area contributed by atoms with Gasteiger partial charge < -0.3 is 15.5 Å². The minimum atomic E-state index is 0.276. The molecule has 1 saturated heterocycles. The number of aromatic nitrogens is 4. The van der Waals surface area contributed by atoms with Crippen molar-refractivity contribution in [2.24, 2.45) is 0 Å². The largest absolute Gasteiger partial charge is 0.368 e. The highest BCUT2D eigenvalue weighted by molar-refractivity contribution is 7.13. The smallest absolute Gasteiger partial charge is 0.229 e. The summed E-state index contributed by atoms with van der Waals surface area (Å²) in [6.45, 7) is 6.71. The molecule has 2 aromatic rings. The number of nitrogens with two attached hydrogens (primary N) is 1. The minimum Gasteiger partial charge on any atom is -0.368 e. The summed E-state index contributed by atoms with van der Waals surface area (Å²) in [5, 5.41) is 3.22. The average Bonchev–Trinajstić information content (AvgIpc) is 2.82. The summed E-state index contributed by atoms with van der Waals surface area (Å²) in [7, 11) is 3.80. The maximum atomic E-state index is 5.81. The number of aryl methyl sites for hydroxylation is 1. The first-order chi connectivity index (χ1) is 11.5. The van der Waals surface area contributed by atoms with Crippen LogP contribution in [0, 0.1) is 6.92 Å². The highest BCUT2D eigenvalue weighted by Crippen LogP contribution is 2.21. The third kappa shape index (κ3) is 4.09. The van der Waals surface area contributed by atoms with Crippen molar-refractivity contribution in [2.75, 3.05) is 55.8 Å². The average molecular weight is 348 g/mol. The first-order valence-corrected chi connectivity index (χ1v) is 8.96. The van der Waals surface area contributed by atoms with Crippen LogP contribution in [0.5, 0.6) is 0 Å². The SMILES string of the molecule is Cc1csc(N2CCCN(Cc3nc(N)nc(N(C)C)n3)CC2)n1. The van der Waals surface area contributed by atoms with Crippen LogP contribution >= 0.6 is 11.3 Å². The third-order valence-electron chi connectivity index (χ3n) is 3.92. The number of nitrogen functional groups attached to an aromatic ring is 1. The van der Waals surface area contributed by atoms with Gasteiger partial charge in [-0.25, -0.2) is 4.98 Å². The molecule has 0 bridgehead atoms. The lowest BCUT2D eigenvalue weighted by molar-refractivity contribution is 0.278. The van der Waals surface area contributed by atoms with Crippen molar-refractivity contribution < 1.29 is 0 Å². The molecule has 130 valence electrons. The van der Waals surface area contributed by atoms with E-state index in [0.717, 1.165) is 49.2 Å². The van der Waals surface area contributed by atoms with E-state index >= 15 is 0 Å². The fraction of sp³-hybridized carbons (Fsp3) is 0.600. The molecule has 0 radical (unpaired) electrons. The summed E-state index contributed by atoms with van der Waals surface area (Å²) in [5.41, 5.74) is 6.90. The maximum Gasteiger partial charge on any atom is 0.229 e. The van der Waals surface area contributed by atoms with Crippen molar-refractivity contribution >= 4 is 28.4 Å². The molecule has 0 amide bonds. The number of thiazole rings is 1. The van der Waals surface area contributed by atoms with Crippen molar-refractivity contribution in [1.82, 2.24) is 24.8 Å². The van der Waals surface area contributed by atoms with Crippen LogP contribution in [0.2, 0.25) is 0 Å². The quantitative estimate of drug-likeness (QED) is 0.875. The zero-order chi connectivity index (χ0) is 17.1. The molecule has 3 rings (SSSR count). The van der Waals surface area contributed by atoms with E-state index in [1.54, 1.807) is 11.3 Å². The van der Waals surface area contributed by atoms with Crippen molar-refractivity contribution in [1.29, 1.82) is 0 Å². The Morgan fingerprint density at radius 2 is 1.96 bits per heavy atom. The maximum absolute atomic E-state index is 5.81. The van der Waals surface area contributed by atoms with E-state index in [1.807, 2.05) is 25.9 Å². The van der Waals surface area contributed by atoms with Gasteiger partial charge in [-0.2, -0.15) is 15.0 Å². The van der Waals surface area contributed by atoms with E-state index in [9.17, 15) is 0 Å². The molecular formula is C15H24N8S. The van der Waals surface area contributed by atoms with Gasteiger partial charge in [0.15, 0.2) is 5.13 Å². The summed E-state index contributed by atoms with van der Waals surface area (Å²) < 4.78 is 0. The lowest BCUT2D eigenvalue weighted by Gasteiger charge is -2.21. The molecule has 0 atom stereocenters. The van der Waals surface area contributed by atoms with E-state index in [1.165, 1.54) is 0 Å². The van der Waals surface area contributed by atoms with Crippen LogP contribution in [0.1, 0.15) is 17.9 Å². The zero-order valence-electron chi connectivity index (χ0n) is 14.4. The Hall–Kier alpha value is -2.00. The normalized spacial score (nSPS) is 16.2. The van der Waals surface area contributed by atoms with Crippen molar-refractivity contribution in [2.45, 2.75) is 19.9 Å². The molecular weight excluding hydrogens is 324 g/mol. The molecule has 2 aromatic heterocycles. The van der Waals surface area contributed by atoms with Gasteiger partial charge in [-0.15, -0.1) is 11.3 Å². The van der Waals surface area contributed by atoms with Gasteiger partial charge in [0.2, 0.25) is 11.9 Å². The summed E-state index contributed by atoms with van der Waals surface area (Å²) in [5.74, 6) is 1.61. The Morgan fingerprint density at radius 3 is 2.67 bits per heavy atom. The van der Waals surface area contributed by atoms with Crippen LogP contribution in [-0.4, -0.2) is 65.1 Å². The van der Waals surface area contributed by atoms with Gasteiger partial charge >= 0.3 is 0 Å². The van der Waals surface area contributed by atoms with Crippen LogP contribution in [0.15, 0.2) is 5.38 Å². The molecule has 0 aliphatic carbocycles. The zero-order valence-corrected chi connectivity index (χ0v) is 15.3. The molecule has 8 nitrogen and oxygen atoms in total. The summed E-state index contributed by atoms with van der Waals surface area (Å²) in [6.07, 6.45) is 1.10. The number of anilines is 3. The third-order valence-corrected chi connectivity index (χ3v) is 4.94. The second-order valence-electron chi connectivity index (χ2n) is 6.19. The standard InChI is InChI=1S/C15H24N8S/c1-11-10-24-15(17-11)23-6-4-5-22(7-8-23)9-12-18-13(16)20-14(19-12)21(2)3/h10H,4-9H2,1-3H3,(H2,16,18,19,20). The molecule has 0 spiro atoms. The van der Waals surface area contributed by atoms with Gasteiger partial charge in [-0.05, 0) is 13.3 Å². The summed E-state index contributed by atoms with van der Waals surface area (Å²) >= 11 is 1.72. The van der Waals surface area contributed by atoms with Crippen molar-refractivity contribution in [3.05, 3.63) is 16.9 Å². The summed E-state index contributed by atoms with van der Waals surface area (Å²) in [4.78, 5) is 24.1. The van der Waals surface area contributed by atoms with E-state index in [-0.39, 0.29) is 5.95 Å². The first-order valence-electron chi connectivity index (χ1n) is 8.08. The van der Waals surface area contributed by atoms with Crippen LogP contribution < -0.4 is 15.5 Å². The molecule has 2 N–H and O–H groups in total. The second-order valence-corrected chi connectivity index (χ2v) is 7.03. The van der Waals surface area contributed by atoms with Crippen LogP contribution in [0.4, 0.5) is 17.0 Å². The lowest BCUT2D eigenvalue weighted by Crippen LogP contribution is -2.31. The first kappa shape index (κ1) is 16.8. The minimum absolute atomic E-state index is 0.276. The number of hydrogen-bond acceptors (Lipinski definition) is 9. The lowest BCUT2D eigenvalue weighted by atomic mass is 10.4. The predicted octanol–water partition coefficient (Wildman–Crippen LogP) is 0.997. The predicted molar refractivity (Wildman–Crippen MR) is 97.5 cm³/mol. The Balaban J connectivity index is 1.64. The van der Waals surface area contributed by atoms with Gasteiger partial charge in [0, 0.05) is 45.7 Å². The fourth-order valence-corrected chi connectivity index (χ4v) is 3.56. The van der Waals surface area contributed by atoms with E-state index in [2.05, 4.69) is 35.1 Å². The molecule has 0 unspecified atom stereocenters. The number of rotatable bonds is 4. The van der Waals surface area contributed by atoms with E-state index in [0.29, 0.717) is 12.5 Å². The van der Waals surface area contributed by atoms with Gasteiger partial charge in [-0.3, -0.25) is 4.90 Å². The van der Waals surface area contributed by atoms with Crippen molar-refractivity contribution in [3.63, 3.8) is 0 Å². The molecule has 9 heteroatoms. The molecule has 3 heterocycles. The Bertz CT molecular complexity index is 686. The highest BCUT2D eigenvalue weighted by atomic mass is 32.1. The molecule has 24 heavy (non-hydrogen) atoms. The molecule has 1 aliphatic heterocycles. The van der Waals surface area contributed by atoms with Gasteiger partial charge in [0.1, 0.15) is 5.82 Å². The Morgan fingerprint density at radius 1 is 1.12 bits per heavy atom. The van der Waals surface area contributed by atoms with Crippen LogP contribution in [0.25, 0.3) is 0 Å². The molecule has 0 saturated carbocycles. The van der Waals surface area contributed by atoms with E-state index < -0.39 is 0 Å².